The minimum atomic E-state index is -1.16. The van der Waals surface area contributed by atoms with Gasteiger partial charge in [-0.05, 0) is 18.4 Å². The van der Waals surface area contributed by atoms with Gasteiger partial charge in [-0.1, -0.05) is 30.3 Å². The molecule has 1 aromatic rings. The van der Waals surface area contributed by atoms with Crippen molar-refractivity contribution in [1.29, 1.82) is 0 Å². The molecular formula is C18H24N4O5. The van der Waals surface area contributed by atoms with Gasteiger partial charge in [0.2, 0.25) is 17.7 Å². The molecule has 3 amide bonds. The van der Waals surface area contributed by atoms with Crippen molar-refractivity contribution in [2.45, 2.75) is 43.8 Å². The number of nitrogens with one attached hydrogen (secondary N) is 1. The van der Waals surface area contributed by atoms with E-state index in [2.05, 4.69) is 5.32 Å². The van der Waals surface area contributed by atoms with Crippen LogP contribution >= 0.6 is 0 Å². The average molecular weight is 376 g/mol. The topological polar surface area (TPSA) is 156 Å². The molecule has 0 spiro atoms. The van der Waals surface area contributed by atoms with Crippen molar-refractivity contribution in [3.8, 4) is 0 Å². The van der Waals surface area contributed by atoms with Gasteiger partial charge in [-0.15, -0.1) is 0 Å². The molecule has 0 aromatic heterocycles. The molecular weight excluding hydrogens is 352 g/mol. The lowest BCUT2D eigenvalue weighted by molar-refractivity contribution is -0.144. The van der Waals surface area contributed by atoms with Crippen LogP contribution in [0.2, 0.25) is 0 Å². The van der Waals surface area contributed by atoms with Crippen LogP contribution in [-0.2, 0) is 25.6 Å². The average Bonchev–Trinajstić information content (AvgIpc) is 3.10. The third-order valence-corrected chi connectivity index (χ3v) is 4.47. The number of hydrogen-bond acceptors (Lipinski definition) is 5. The van der Waals surface area contributed by atoms with E-state index in [9.17, 15) is 24.3 Å². The van der Waals surface area contributed by atoms with Crippen LogP contribution < -0.4 is 16.8 Å². The van der Waals surface area contributed by atoms with Crippen molar-refractivity contribution < 1.29 is 24.3 Å². The highest BCUT2D eigenvalue weighted by atomic mass is 16.4. The van der Waals surface area contributed by atoms with Gasteiger partial charge in [0.05, 0.1) is 12.5 Å². The molecule has 1 aromatic carbocycles. The number of amides is 3. The molecule has 1 fully saturated rings. The third kappa shape index (κ3) is 5.52. The van der Waals surface area contributed by atoms with E-state index in [1.54, 1.807) is 24.3 Å². The molecule has 1 saturated heterocycles. The van der Waals surface area contributed by atoms with Crippen LogP contribution in [0.15, 0.2) is 30.3 Å². The van der Waals surface area contributed by atoms with E-state index in [0.717, 1.165) is 5.56 Å². The number of nitrogens with two attached hydrogens (primary N) is 2. The fourth-order valence-electron chi connectivity index (χ4n) is 3.14. The highest BCUT2D eigenvalue weighted by Gasteiger charge is 2.37. The Hall–Kier alpha value is -2.94. The normalized spacial score (nSPS) is 18.6. The monoisotopic (exact) mass is 376 g/mol. The fraction of sp³-hybridized carbons (Fsp3) is 0.444. The summed E-state index contributed by atoms with van der Waals surface area (Å²) in [5.41, 5.74) is 11.5. The summed E-state index contributed by atoms with van der Waals surface area (Å²) in [5, 5.41) is 11.9. The van der Waals surface area contributed by atoms with Crippen molar-refractivity contribution in [2.24, 2.45) is 11.5 Å². The summed E-state index contributed by atoms with van der Waals surface area (Å²) < 4.78 is 0. The smallest absolute Gasteiger partial charge is 0.326 e. The van der Waals surface area contributed by atoms with E-state index in [-0.39, 0.29) is 12.8 Å². The Labute approximate surface area is 156 Å². The number of carbonyl (C=O) groups is 4. The van der Waals surface area contributed by atoms with Gasteiger partial charge in [-0.25, -0.2) is 4.79 Å². The predicted molar refractivity (Wildman–Crippen MR) is 96.2 cm³/mol. The number of aliphatic carboxylic acids is 1. The van der Waals surface area contributed by atoms with Crippen LogP contribution in [0.1, 0.15) is 24.8 Å². The van der Waals surface area contributed by atoms with Gasteiger partial charge < -0.3 is 26.8 Å². The van der Waals surface area contributed by atoms with Crippen molar-refractivity contribution in [3.05, 3.63) is 35.9 Å². The zero-order chi connectivity index (χ0) is 20.0. The number of carbonyl (C=O) groups excluding carboxylic acids is 3. The molecule has 9 nitrogen and oxygen atoms in total. The van der Waals surface area contributed by atoms with E-state index >= 15 is 0 Å². The highest BCUT2D eigenvalue weighted by molar-refractivity contribution is 5.93. The number of nitrogens with zero attached hydrogens (tertiary/aromatic N) is 1. The Kier molecular flexibility index (Phi) is 6.89. The summed E-state index contributed by atoms with van der Waals surface area (Å²) in [4.78, 5) is 48.8. The molecule has 0 unspecified atom stereocenters. The van der Waals surface area contributed by atoms with Crippen molar-refractivity contribution in [3.63, 3.8) is 0 Å². The lowest BCUT2D eigenvalue weighted by Crippen LogP contribution is -2.54. The standard InChI is InChI=1S/C18H24N4O5/c19-12(10-15(20)23)17(25)22-8-4-7-14(22)16(24)21-13(18(26)27)9-11-5-2-1-3-6-11/h1-3,5-6,12-14H,4,7-10,19H2,(H2,20,23)(H,21,24)(H,26,27)/t12-,13-,14-/m0/s1. The minimum Gasteiger partial charge on any atom is -0.480 e. The Morgan fingerprint density at radius 1 is 1.22 bits per heavy atom. The first-order chi connectivity index (χ1) is 12.8. The summed E-state index contributed by atoms with van der Waals surface area (Å²) >= 11 is 0. The van der Waals surface area contributed by atoms with Gasteiger partial charge in [0.1, 0.15) is 12.1 Å². The van der Waals surface area contributed by atoms with Gasteiger partial charge in [0.15, 0.2) is 0 Å². The van der Waals surface area contributed by atoms with E-state index in [1.165, 1.54) is 4.90 Å². The molecule has 1 aliphatic heterocycles. The van der Waals surface area contributed by atoms with Gasteiger partial charge in [0.25, 0.3) is 0 Å². The summed E-state index contributed by atoms with van der Waals surface area (Å²) in [6, 6.07) is 5.89. The summed E-state index contributed by atoms with van der Waals surface area (Å²) in [6.07, 6.45) is 0.807. The Morgan fingerprint density at radius 2 is 1.89 bits per heavy atom. The van der Waals surface area contributed by atoms with Crippen LogP contribution in [0, 0.1) is 0 Å². The van der Waals surface area contributed by atoms with Gasteiger partial charge in [-0.2, -0.15) is 0 Å². The molecule has 0 aliphatic carbocycles. The lowest BCUT2D eigenvalue weighted by Gasteiger charge is -2.27. The molecule has 146 valence electrons. The van der Waals surface area contributed by atoms with Crippen molar-refractivity contribution >= 4 is 23.7 Å². The summed E-state index contributed by atoms with van der Waals surface area (Å²) in [5.74, 6) is -2.95. The first-order valence-electron chi connectivity index (χ1n) is 8.71. The molecule has 0 bridgehead atoms. The Morgan fingerprint density at radius 3 is 2.48 bits per heavy atom. The van der Waals surface area contributed by atoms with E-state index in [0.29, 0.717) is 19.4 Å². The summed E-state index contributed by atoms with van der Waals surface area (Å²) in [6.45, 7) is 0.319. The number of likely N-dealkylation sites (tertiary alicyclic amines) is 1. The molecule has 6 N–H and O–H groups in total. The zero-order valence-electron chi connectivity index (χ0n) is 14.8. The molecule has 1 aliphatic rings. The number of primary amides is 1. The highest BCUT2D eigenvalue weighted by Crippen LogP contribution is 2.19. The Balaban J connectivity index is 2.04. The molecule has 27 heavy (non-hydrogen) atoms. The first-order valence-corrected chi connectivity index (χ1v) is 8.71. The fourth-order valence-corrected chi connectivity index (χ4v) is 3.14. The largest absolute Gasteiger partial charge is 0.480 e. The van der Waals surface area contributed by atoms with Crippen LogP contribution in [0.4, 0.5) is 0 Å². The molecule has 9 heteroatoms. The second-order valence-corrected chi connectivity index (χ2v) is 6.56. The number of carboxylic acid groups (broad SMARTS) is 1. The van der Waals surface area contributed by atoms with Crippen LogP contribution in [-0.4, -0.2) is 58.4 Å². The van der Waals surface area contributed by atoms with E-state index < -0.39 is 41.8 Å². The van der Waals surface area contributed by atoms with Gasteiger partial charge >= 0.3 is 5.97 Å². The third-order valence-electron chi connectivity index (χ3n) is 4.47. The van der Waals surface area contributed by atoms with Crippen LogP contribution in [0.5, 0.6) is 0 Å². The number of rotatable bonds is 8. The van der Waals surface area contributed by atoms with Crippen molar-refractivity contribution in [1.82, 2.24) is 10.2 Å². The minimum absolute atomic E-state index is 0.129. The molecule has 0 saturated carbocycles. The van der Waals surface area contributed by atoms with Crippen LogP contribution in [0.3, 0.4) is 0 Å². The maximum atomic E-state index is 12.6. The number of carboxylic acids is 1. The number of hydrogen-bond donors (Lipinski definition) is 4. The van der Waals surface area contributed by atoms with Gasteiger partial charge in [-0.3, -0.25) is 14.4 Å². The zero-order valence-corrected chi connectivity index (χ0v) is 14.8. The number of benzene rings is 1. The van der Waals surface area contributed by atoms with Crippen molar-refractivity contribution in [2.75, 3.05) is 6.54 Å². The quantitative estimate of drug-likeness (QED) is 0.455. The molecule has 0 radical (unpaired) electrons. The van der Waals surface area contributed by atoms with E-state index in [4.69, 9.17) is 11.5 Å². The van der Waals surface area contributed by atoms with E-state index in [1.807, 2.05) is 6.07 Å². The maximum absolute atomic E-state index is 12.6. The SMILES string of the molecule is NC(=O)C[C@H](N)C(=O)N1CCC[C@H]1C(=O)N[C@@H](Cc1ccccc1)C(=O)O. The van der Waals surface area contributed by atoms with Crippen LogP contribution in [0.25, 0.3) is 0 Å². The second-order valence-electron chi connectivity index (χ2n) is 6.56. The Bertz CT molecular complexity index is 709. The molecule has 3 atom stereocenters. The van der Waals surface area contributed by atoms with Gasteiger partial charge in [0, 0.05) is 13.0 Å². The first kappa shape index (κ1) is 20.4. The lowest BCUT2D eigenvalue weighted by atomic mass is 10.1. The second kappa shape index (κ2) is 9.13. The molecule has 2 rings (SSSR count). The maximum Gasteiger partial charge on any atom is 0.326 e. The predicted octanol–water partition coefficient (Wildman–Crippen LogP) is -1.01. The molecule has 1 heterocycles. The summed E-state index contributed by atoms with van der Waals surface area (Å²) in [7, 11) is 0.